The number of para-hydroxylation sites is 2. The number of guanidine groups is 3. The fourth-order valence-corrected chi connectivity index (χ4v) is 11.6. The van der Waals surface area contributed by atoms with Crippen LogP contribution in [0.2, 0.25) is 0 Å². The Labute approximate surface area is 645 Å². The van der Waals surface area contributed by atoms with Gasteiger partial charge < -0.3 is 117 Å². The maximum absolute atomic E-state index is 13.3. The Morgan fingerprint density at radius 2 is 0.982 bits per heavy atom. The summed E-state index contributed by atoms with van der Waals surface area (Å²) in [5.41, 5.74) is 40.0. The number of aliphatic carboxylic acids is 3. The van der Waals surface area contributed by atoms with Gasteiger partial charge in [0.1, 0.15) is 73.1 Å². The van der Waals surface area contributed by atoms with Gasteiger partial charge in [-0.1, -0.05) is 77.9 Å². The summed E-state index contributed by atoms with van der Waals surface area (Å²) in [6.45, 7) is 13.5. The van der Waals surface area contributed by atoms with Gasteiger partial charge in [-0.05, 0) is 156 Å². The molecule has 6 atom stereocenters. The van der Waals surface area contributed by atoms with Crippen LogP contribution in [-0.4, -0.2) is 226 Å². The van der Waals surface area contributed by atoms with E-state index in [1.165, 1.54) is 39.6 Å². The normalized spacial score (nSPS) is 14.7. The van der Waals surface area contributed by atoms with Gasteiger partial charge in [-0.25, -0.2) is 0 Å². The van der Waals surface area contributed by atoms with E-state index in [1.807, 2.05) is 6.07 Å². The van der Waals surface area contributed by atoms with Gasteiger partial charge in [0.2, 0.25) is 41.4 Å². The van der Waals surface area contributed by atoms with Crippen molar-refractivity contribution in [1.29, 1.82) is 0 Å². The summed E-state index contributed by atoms with van der Waals surface area (Å²) in [5, 5.41) is 63.9. The third-order valence-corrected chi connectivity index (χ3v) is 18.5. The number of carbonyl (C=O) groups is 12. The predicted octanol–water partition coefficient (Wildman–Crippen LogP) is 0.0458. The summed E-state index contributed by atoms with van der Waals surface area (Å²) >= 11 is 0. The van der Waals surface area contributed by atoms with Crippen LogP contribution in [0.25, 0.3) is 0 Å². The van der Waals surface area contributed by atoms with Crippen LogP contribution in [0.5, 0.6) is 17.2 Å². The number of nitrogens with zero attached hydrogens (tertiary/aromatic N) is 5. The molecule has 0 unspecified atom stereocenters. The van der Waals surface area contributed by atoms with Crippen LogP contribution < -0.4 is 82.1 Å². The molecule has 111 heavy (non-hydrogen) atoms. The zero-order valence-electron chi connectivity index (χ0n) is 64.2. The number of carboxylic acid groups (broad SMARTS) is 3. The Kier molecular flexibility index (Phi) is 40.6. The van der Waals surface area contributed by atoms with Crippen LogP contribution in [0.15, 0.2) is 81.7 Å². The topological polar surface area (TPSA) is 625 Å². The minimum atomic E-state index is -1.22. The summed E-state index contributed by atoms with van der Waals surface area (Å²) < 4.78 is 6.20. The first-order valence-corrected chi connectivity index (χ1v) is 37.0. The number of phenols is 2. The highest BCUT2D eigenvalue weighted by atomic mass is 16.5. The van der Waals surface area contributed by atoms with Crippen molar-refractivity contribution in [2.75, 3.05) is 65.5 Å². The van der Waals surface area contributed by atoms with Crippen molar-refractivity contribution >= 4 is 89.0 Å². The van der Waals surface area contributed by atoms with E-state index in [9.17, 15) is 67.7 Å². The second-order valence-corrected chi connectivity index (χ2v) is 27.8. The van der Waals surface area contributed by atoms with Crippen LogP contribution in [0, 0.1) is 0 Å². The molecule has 0 saturated carbocycles. The zero-order chi connectivity index (χ0) is 83.0. The smallest absolute Gasteiger partial charge is 0.322 e. The molecule has 2 saturated heterocycles. The average molecular weight is 1560 g/mol. The maximum atomic E-state index is 13.3. The fourth-order valence-electron chi connectivity index (χ4n) is 11.6. The molecule has 26 N–H and O–H groups in total. The van der Waals surface area contributed by atoms with Crippen molar-refractivity contribution in [1.82, 2.24) is 47.0 Å². The summed E-state index contributed by atoms with van der Waals surface area (Å²) in [4.78, 5) is 162. The van der Waals surface area contributed by atoms with E-state index in [0.29, 0.717) is 96.9 Å². The second-order valence-electron chi connectivity index (χ2n) is 27.8. The van der Waals surface area contributed by atoms with Crippen molar-refractivity contribution in [3.8, 4) is 17.2 Å². The van der Waals surface area contributed by atoms with Crippen LogP contribution in [0.4, 0.5) is 0 Å². The Morgan fingerprint density at radius 1 is 0.523 bits per heavy atom. The number of aromatic hydroxyl groups is 2. The van der Waals surface area contributed by atoms with E-state index < -0.39 is 121 Å². The third kappa shape index (κ3) is 33.5. The van der Waals surface area contributed by atoms with Crippen molar-refractivity contribution in [2.24, 2.45) is 55.1 Å². The second kappa shape index (κ2) is 48.1. The Morgan fingerprint density at radius 3 is 1.48 bits per heavy atom. The molecule has 0 aliphatic carbocycles. The van der Waals surface area contributed by atoms with Gasteiger partial charge in [0.25, 0.3) is 11.8 Å². The number of nitrogens with one attached hydrogen (secondary N) is 7. The number of aliphatic imine (C=N–C) groups is 3. The molecule has 2 heterocycles. The number of likely N-dealkylation sites (tertiary alicyclic amines) is 2. The standard InChI is InChI=1S/C34H59N7O6.2C20H28N6O6/c1-7-33(3,4)23-16-17-27(24(21-23)34(5,6)8-2)47-20-12-15-28(42)40-26(13-9-10-18-35)31(46)41-25(14-11-19-38-32(36)37)30(45)39-22-29(43)44;21-20(22)23-9-3-6-13(17(30)24-11-16(28)29)25-18(31)14-7-4-10-26(14)19(32)12-5-1-2-8-15(12)27;21-20(22)23-9-3-6-13(25-17(30)12-5-1-2-8-15(12)27)19(32)26-10-4-7-14(26)18(31)24-11-16(28)29/h16-17,21,25-26H,7-15,18-20,22,35H2,1-6H3,(H,39,45)(H,40,42)(H,41,46)(H,43,44)(H4,36,37,38);1-2,5,8,13-14,27H,3-4,6-7,9-11H2,(H,24,30)(H,25,31)(H,28,29)(H4,21,22,23);1-2,5,8,13-14,27H,3-4,6-7,9-11H2,(H,24,31)(H,25,30)(H,28,29)(H4,21,22,23)/t25-,26-;2*13-,14-/m000/s1. The van der Waals surface area contributed by atoms with Crippen molar-refractivity contribution in [3.05, 3.63) is 89.0 Å². The van der Waals surface area contributed by atoms with E-state index in [4.69, 9.17) is 60.2 Å². The first kappa shape index (κ1) is 93.7. The summed E-state index contributed by atoms with van der Waals surface area (Å²) in [6.07, 6.45) is 7.57. The van der Waals surface area contributed by atoms with Crippen LogP contribution in [0.1, 0.15) is 183 Å². The van der Waals surface area contributed by atoms with Gasteiger partial charge in [-0.3, -0.25) is 72.5 Å². The molecule has 3 aromatic rings. The lowest BCUT2D eigenvalue weighted by Gasteiger charge is -2.30. The quantitative estimate of drug-likeness (QED) is 0.0202. The minimum Gasteiger partial charge on any atom is -0.507 e. The van der Waals surface area contributed by atoms with Crippen molar-refractivity contribution < 1.29 is 87.8 Å². The van der Waals surface area contributed by atoms with Gasteiger partial charge in [-0.15, -0.1) is 0 Å². The van der Waals surface area contributed by atoms with Gasteiger partial charge in [0, 0.05) is 44.7 Å². The number of hydrogen-bond donors (Lipinski definition) is 19. The Balaban J connectivity index is 0.000000443. The zero-order valence-corrected chi connectivity index (χ0v) is 64.2. The number of nitrogens with two attached hydrogens (primary N) is 7. The predicted molar refractivity (Wildman–Crippen MR) is 414 cm³/mol. The largest absolute Gasteiger partial charge is 0.507 e. The lowest BCUT2D eigenvalue weighted by Crippen LogP contribution is -2.54. The highest BCUT2D eigenvalue weighted by Crippen LogP contribution is 2.39. The molecule has 3 aromatic carbocycles. The average Bonchev–Trinajstić information content (AvgIpc) is 0.926. The van der Waals surface area contributed by atoms with Crippen LogP contribution >= 0.6 is 0 Å². The van der Waals surface area contributed by atoms with Gasteiger partial charge >= 0.3 is 17.9 Å². The monoisotopic (exact) mass is 1560 g/mol. The van der Waals surface area contributed by atoms with Gasteiger partial charge in [0.05, 0.1) is 17.7 Å². The molecular weight excluding hydrogens is 1440 g/mol. The molecule has 0 radical (unpaired) electrons. The molecule has 9 amide bonds. The molecule has 2 fully saturated rings. The number of ether oxygens (including phenoxy) is 1. The number of benzene rings is 3. The number of carboxylic acids is 3. The van der Waals surface area contributed by atoms with E-state index in [2.05, 4.69) is 106 Å². The van der Waals surface area contributed by atoms with E-state index >= 15 is 0 Å². The summed E-state index contributed by atoms with van der Waals surface area (Å²) in [7, 11) is 0. The molecule has 0 bridgehead atoms. The lowest BCUT2D eigenvalue weighted by atomic mass is 9.76. The van der Waals surface area contributed by atoms with E-state index in [-0.39, 0.29) is 103 Å². The molecule has 614 valence electrons. The first-order valence-electron chi connectivity index (χ1n) is 37.0. The van der Waals surface area contributed by atoms with E-state index in [1.54, 1.807) is 24.3 Å². The third-order valence-electron chi connectivity index (χ3n) is 18.5. The summed E-state index contributed by atoms with van der Waals surface area (Å²) in [6, 6.07) is 12.7. The van der Waals surface area contributed by atoms with Crippen molar-refractivity contribution in [2.45, 2.75) is 198 Å². The van der Waals surface area contributed by atoms with E-state index in [0.717, 1.165) is 24.2 Å². The molecule has 2 aliphatic heterocycles. The number of hydrogen-bond acceptors (Lipinski definition) is 19. The highest BCUT2D eigenvalue weighted by molar-refractivity contribution is 6.02. The van der Waals surface area contributed by atoms with Crippen LogP contribution in [-0.2, 0) is 58.8 Å². The molecular formula is C74H115N19O18. The first-order chi connectivity index (χ1) is 52.5. The van der Waals surface area contributed by atoms with Gasteiger partial charge in [0.15, 0.2) is 17.9 Å². The van der Waals surface area contributed by atoms with Crippen molar-refractivity contribution in [3.63, 3.8) is 0 Å². The number of amides is 9. The molecule has 5 rings (SSSR count). The number of rotatable bonds is 43. The Bertz CT molecular complexity index is 3710. The lowest BCUT2D eigenvalue weighted by molar-refractivity contribution is -0.141. The molecule has 0 aromatic heterocycles. The van der Waals surface area contributed by atoms with Crippen LogP contribution in [0.3, 0.4) is 0 Å². The van der Waals surface area contributed by atoms with Gasteiger partial charge in [-0.2, -0.15) is 0 Å². The number of phenolic OH excluding ortho intramolecular Hbond substituents is 2. The molecule has 37 heteroatoms. The molecule has 0 spiro atoms. The Hall–Kier alpha value is -11.5. The number of unbranched alkanes of at least 4 members (excludes halogenated alkanes) is 1. The maximum Gasteiger partial charge on any atom is 0.322 e. The number of carbonyl (C=O) groups excluding carboxylic acids is 9. The minimum absolute atomic E-state index is 0.00620. The molecule has 37 nitrogen and oxygen atoms in total. The highest BCUT2D eigenvalue weighted by Gasteiger charge is 2.40. The SMILES string of the molecule is CCC(C)(C)c1ccc(OCCCC(=O)N[C@@H](CCCCN)C(=O)N[C@@H](CCCN=C(N)N)C(=O)NCC(=O)O)c(C(C)(C)CC)c1.NC(N)=NCCC[C@H](NC(=O)[C@@H]1CCCN1C(=O)c1ccccc1O)C(=O)NCC(=O)O.NC(N)=NCCC[C@H](NC(=O)c1ccccc1O)C(=O)N1CCC[C@H]1C(=O)NCC(=O)O. The fraction of sp³-hybridized carbons (Fsp3) is 0.554. The summed E-state index contributed by atoms with van der Waals surface area (Å²) in [5.74, 6) is -8.47. The molecule has 2 aliphatic rings.